The van der Waals surface area contributed by atoms with Gasteiger partial charge in [-0.15, -0.1) is 0 Å². The molecule has 0 spiro atoms. The van der Waals surface area contributed by atoms with E-state index < -0.39 is 10.0 Å². The largest absolute Gasteiger partial charge is 0.484 e. The number of sulfonamides is 1. The minimum absolute atomic E-state index is 0.191. The summed E-state index contributed by atoms with van der Waals surface area (Å²) in [5.74, 6) is 0.129. The fourth-order valence-corrected chi connectivity index (χ4v) is 5.05. The number of benzene rings is 3. The van der Waals surface area contributed by atoms with Crippen LogP contribution in [-0.2, 0) is 21.4 Å². The molecule has 3 aromatic rings. The molecule has 3 rings (SSSR count). The number of hydrogen-bond acceptors (Lipinski definition) is 4. The number of ether oxygens (including phenoxy) is 1. The maximum Gasteiger partial charge on any atom is 0.264 e. The number of carbonyl (C=O) groups excluding carboxylic acids is 1. The molecular weight excluding hydrogens is 483 g/mol. The van der Waals surface area contributed by atoms with Gasteiger partial charge in [0, 0.05) is 23.1 Å². The van der Waals surface area contributed by atoms with Crippen molar-refractivity contribution in [3.63, 3.8) is 0 Å². The predicted octanol–water partition coefficient (Wildman–Crippen LogP) is 5.21. The molecule has 9 heteroatoms. The number of nitrogens with zero attached hydrogens (tertiary/aromatic N) is 1. The SMILES string of the molecule is CCN(c1ccc(OCC(=O)NCc2ccc(Cl)cc2Cl)cc1)S(=O)(=O)c1ccc(C)cc1. The summed E-state index contributed by atoms with van der Waals surface area (Å²) in [6, 6.07) is 18.3. The molecule has 0 saturated carbocycles. The Bertz CT molecular complexity index is 1210. The number of aryl methyl sites for hydroxylation is 1. The van der Waals surface area contributed by atoms with Crippen LogP contribution in [0.2, 0.25) is 10.0 Å². The summed E-state index contributed by atoms with van der Waals surface area (Å²) in [6.07, 6.45) is 0. The van der Waals surface area contributed by atoms with Crippen molar-refractivity contribution >= 4 is 44.8 Å². The van der Waals surface area contributed by atoms with Gasteiger partial charge >= 0.3 is 0 Å². The van der Waals surface area contributed by atoms with E-state index in [9.17, 15) is 13.2 Å². The molecule has 0 atom stereocenters. The van der Waals surface area contributed by atoms with E-state index in [1.54, 1.807) is 73.7 Å². The van der Waals surface area contributed by atoms with E-state index in [1.807, 2.05) is 6.92 Å². The van der Waals surface area contributed by atoms with Gasteiger partial charge in [-0.25, -0.2) is 8.42 Å². The Balaban J connectivity index is 1.59. The molecule has 0 unspecified atom stereocenters. The first kappa shape index (κ1) is 24.9. The molecule has 3 aromatic carbocycles. The van der Waals surface area contributed by atoms with Gasteiger partial charge in [0.25, 0.3) is 15.9 Å². The number of nitrogens with one attached hydrogen (secondary N) is 1. The number of anilines is 1. The van der Waals surface area contributed by atoms with Crippen molar-refractivity contribution in [1.82, 2.24) is 5.32 Å². The molecule has 0 radical (unpaired) electrons. The molecule has 0 saturated heterocycles. The normalized spacial score (nSPS) is 11.2. The minimum atomic E-state index is -3.69. The van der Waals surface area contributed by atoms with Crippen molar-refractivity contribution < 1.29 is 17.9 Å². The van der Waals surface area contributed by atoms with Gasteiger partial charge in [0.2, 0.25) is 0 Å². The van der Waals surface area contributed by atoms with E-state index >= 15 is 0 Å². The maximum atomic E-state index is 13.0. The van der Waals surface area contributed by atoms with Crippen LogP contribution in [0.15, 0.2) is 71.6 Å². The number of carbonyl (C=O) groups is 1. The molecule has 0 aliphatic heterocycles. The predicted molar refractivity (Wildman–Crippen MR) is 132 cm³/mol. The smallest absolute Gasteiger partial charge is 0.264 e. The summed E-state index contributed by atoms with van der Waals surface area (Å²) >= 11 is 12.0. The average Bonchev–Trinajstić information content (AvgIpc) is 2.78. The number of halogens is 2. The van der Waals surface area contributed by atoms with Gasteiger partial charge in [-0.05, 0) is 67.9 Å². The molecule has 0 heterocycles. The highest BCUT2D eigenvalue weighted by molar-refractivity contribution is 7.92. The zero-order valence-corrected chi connectivity index (χ0v) is 20.5. The molecule has 0 bridgehead atoms. The van der Waals surface area contributed by atoms with E-state index in [-0.39, 0.29) is 30.5 Å². The summed E-state index contributed by atoms with van der Waals surface area (Å²) in [5, 5.41) is 3.73. The number of amides is 1. The first-order chi connectivity index (χ1) is 15.7. The molecule has 0 aliphatic carbocycles. The lowest BCUT2D eigenvalue weighted by atomic mass is 10.2. The van der Waals surface area contributed by atoms with Crippen LogP contribution >= 0.6 is 23.2 Å². The highest BCUT2D eigenvalue weighted by atomic mass is 35.5. The molecule has 33 heavy (non-hydrogen) atoms. The van der Waals surface area contributed by atoms with Crippen LogP contribution in [0.25, 0.3) is 0 Å². The van der Waals surface area contributed by atoms with E-state index in [2.05, 4.69) is 5.32 Å². The molecule has 1 N–H and O–H groups in total. The molecule has 174 valence electrons. The highest BCUT2D eigenvalue weighted by Gasteiger charge is 2.23. The number of hydrogen-bond donors (Lipinski definition) is 1. The molecular formula is C24H24Cl2N2O4S. The first-order valence-corrected chi connectivity index (χ1v) is 12.4. The van der Waals surface area contributed by atoms with Crippen molar-refractivity contribution in [2.24, 2.45) is 0 Å². The lowest BCUT2D eigenvalue weighted by molar-refractivity contribution is -0.123. The fraction of sp³-hybridized carbons (Fsp3) is 0.208. The van der Waals surface area contributed by atoms with Gasteiger partial charge in [-0.3, -0.25) is 9.10 Å². The van der Waals surface area contributed by atoms with Crippen LogP contribution in [0, 0.1) is 6.92 Å². The van der Waals surface area contributed by atoms with E-state index in [1.165, 1.54) is 4.31 Å². The second-order valence-corrected chi connectivity index (χ2v) is 9.98. The summed E-state index contributed by atoms with van der Waals surface area (Å²) in [4.78, 5) is 12.3. The van der Waals surface area contributed by atoms with E-state index in [0.717, 1.165) is 11.1 Å². The second-order valence-electron chi connectivity index (χ2n) is 7.28. The quantitative estimate of drug-likeness (QED) is 0.432. The zero-order chi connectivity index (χ0) is 24.0. The molecule has 0 aromatic heterocycles. The van der Waals surface area contributed by atoms with Gasteiger partial charge in [0.15, 0.2) is 6.61 Å². The van der Waals surface area contributed by atoms with Crippen LogP contribution < -0.4 is 14.4 Å². The van der Waals surface area contributed by atoms with Crippen molar-refractivity contribution in [2.45, 2.75) is 25.3 Å². The van der Waals surface area contributed by atoms with Crippen molar-refractivity contribution in [1.29, 1.82) is 0 Å². The second kappa shape index (κ2) is 10.9. The Labute approximate surface area is 204 Å². The van der Waals surface area contributed by atoms with Gasteiger partial charge < -0.3 is 10.1 Å². The van der Waals surface area contributed by atoms with Gasteiger partial charge in [0.1, 0.15) is 5.75 Å². The van der Waals surface area contributed by atoms with Crippen LogP contribution in [0.1, 0.15) is 18.1 Å². The zero-order valence-electron chi connectivity index (χ0n) is 18.2. The third kappa shape index (κ3) is 6.41. The van der Waals surface area contributed by atoms with Crippen LogP contribution in [0.4, 0.5) is 5.69 Å². The lowest BCUT2D eigenvalue weighted by Gasteiger charge is -2.23. The average molecular weight is 507 g/mol. The van der Waals surface area contributed by atoms with E-state index in [4.69, 9.17) is 27.9 Å². The highest BCUT2D eigenvalue weighted by Crippen LogP contribution is 2.26. The Hall–Kier alpha value is -2.74. The lowest BCUT2D eigenvalue weighted by Crippen LogP contribution is -2.30. The first-order valence-electron chi connectivity index (χ1n) is 10.2. The molecule has 0 aliphatic rings. The van der Waals surface area contributed by atoms with Gasteiger partial charge in [0.05, 0.1) is 10.6 Å². The maximum absolute atomic E-state index is 13.0. The van der Waals surface area contributed by atoms with Gasteiger partial charge in [-0.2, -0.15) is 0 Å². The van der Waals surface area contributed by atoms with Crippen molar-refractivity contribution in [3.05, 3.63) is 87.9 Å². The Morgan fingerprint density at radius 2 is 1.67 bits per heavy atom. The van der Waals surface area contributed by atoms with Crippen LogP contribution in [0.3, 0.4) is 0 Å². The third-order valence-electron chi connectivity index (χ3n) is 4.88. The molecule has 0 fully saturated rings. The molecule has 1 amide bonds. The summed E-state index contributed by atoms with van der Waals surface area (Å²) in [7, 11) is -3.69. The summed E-state index contributed by atoms with van der Waals surface area (Å²) in [5.41, 5.74) is 2.24. The molecule has 6 nitrogen and oxygen atoms in total. The topological polar surface area (TPSA) is 75.7 Å². The van der Waals surface area contributed by atoms with Crippen molar-refractivity contribution in [2.75, 3.05) is 17.5 Å². The Morgan fingerprint density at radius 1 is 1.00 bits per heavy atom. The third-order valence-corrected chi connectivity index (χ3v) is 7.39. The summed E-state index contributed by atoms with van der Waals surface area (Å²) < 4.78 is 32.9. The number of rotatable bonds is 9. The van der Waals surface area contributed by atoms with Gasteiger partial charge in [-0.1, -0.05) is 47.0 Å². The van der Waals surface area contributed by atoms with Crippen LogP contribution in [-0.4, -0.2) is 27.5 Å². The standard InChI is InChI=1S/C24H24Cl2N2O4S/c1-3-28(33(30,31)22-12-4-17(2)5-13-22)20-8-10-21(11-9-20)32-16-24(29)27-15-18-6-7-19(25)14-23(18)26/h4-14H,3,15-16H2,1-2H3,(H,27,29). The minimum Gasteiger partial charge on any atom is -0.484 e. The van der Waals surface area contributed by atoms with Crippen molar-refractivity contribution in [3.8, 4) is 5.75 Å². The Morgan fingerprint density at radius 3 is 2.27 bits per heavy atom. The van der Waals surface area contributed by atoms with E-state index in [0.29, 0.717) is 21.5 Å². The Kier molecular flexibility index (Phi) is 8.24. The fourth-order valence-electron chi connectivity index (χ4n) is 3.10. The summed E-state index contributed by atoms with van der Waals surface area (Å²) in [6.45, 7) is 4.00. The van der Waals surface area contributed by atoms with Crippen LogP contribution in [0.5, 0.6) is 5.75 Å². The monoisotopic (exact) mass is 506 g/mol.